The van der Waals surface area contributed by atoms with Gasteiger partial charge >= 0.3 is 5.97 Å². The van der Waals surface area contributed by atoms with Crippen LogP contribution in [0, 0.1) is 11.7 Å². The van der Waals surface area contributed by atoms with Crippen molar-refractivity contribution >= 4 is 50.2 Å². The third-order valence-electron chi connectivity index (χ3n) is 4.77. The van der Waals surface area contributed by atoms with Crippen LogP contribution in [0.2, 0.25) is 0 Å². The number of nitrogens with one attached hydrogen (secondary N) is 1. The van der Waals surface area contributed by atoms with Crippen molar-refractivity contribution in [2.24, 2.45) is 5.92 Å². The van der Waals surface area contributed by atoms with E-state index in [1.165, 1.54) is 28.4 Å². The molecule has 154 valence electrons. The predicted octanol–water partition coefficient (Wildman–Crippen LogP) is 3.60. The van der Waals surface area contributed by atoms with Crippen LogP contribution in [0.1, 0.15) is 23.7 Å². The van der Waals surface area contributed by atoms with Gasteiger partial charge in [-0.05, 0) is 49.4 Å². The van der Waals surface area contributed by atoms with Crippen molar-refractivity contribution in [3.63, 3.8) is 0 Å². The van der Waals surface area contributed by atoms with Crippen molar-refractivity contribution in [1.82, 2.24) is 4.98 Å². The van der Waals surface area contributed by atoms with Gasteiger partial charge in [0, 0.05) is 18.7 Å². The standard InChI is InChI=1S/C21H18FN3O4S/c1-2-29-20(28)12-3-6-15(7-4-12)25-11-13(9-18(25)26)19(27)24-21-23-16-8-5-14(22)10-17(16)30-21/h3-8,10,13H,2,9,11H2,1H3,(H,23,24,27). The summed E-state index contributed by atoms with van der Waals surface area (Å²) >= 11 is 1.18. The first-order valence-electron chi connectivity index (χ1n) is 9.39. The first-order chi connectivity index (χ1) is 14.4. The molecule has 0 spiro atoms. The first kappa shape index (κ1) is 20.0. The number of hydrogen-bond acceptors (Lipinski definition) is 6. The van der Waals surface area contributed by atoms with E-state index in [4.69, 9.17) is 4.74 Å². The van der Waals surface area contributed by atoms with E-state index in [1.807, 2.05) is 0 Å². The van der Waals surface area contributed by atoms with E-state index in [-0.39, 0.29) is 37.2 Å². The van der Waals surface area contributed by atoms with Gasteiger partial charge in [-0.25, -0.2) is 14.2 Å². The van der Waals surface area contributed by atoms with Gasteiger partial charge in [0.05, 0.1) is 28.3 Å². The molecule has 4 rings (SSSR count). The number of thiazole rings is 1. The van der Waals surface area contributed by atoms with Gasteiger partial charge in [-0.2, -0.15) is 0 Å². The van der Waals surface area contributed by atoms with Gasteiger partial charge in [-0.15, -0.1) is 0 Å². The van der Waals surface area contributed by atoms with Crippen LogP contribution in [0.25, 0.3) is 10.2 Å². The van der Waals surface area contributed by atoms with E-state index < -0.39 is 11.9 Å². The van der Waals surface area contributed by atoms with Crippen LogP contribution < -0.4 is 10.2 Å². The molecule has 1 atom stereocenters. The Hall–Kier alpha value is -3.33. The average molecular weight is 427 g/mol. The Kier molecular flexibility index (Phi) is 5.45. The van der Waals surface area contributed by atoms with Gasteiger partial charge in [-0.3, -0.25) is 9.59 Å². The monoisotopic (exact) mass is 427 g/mol. The second-order valence-electron chi connectivity index (χ2n) is 6.79. The lowest BCUT2D eigenvalue weighted by molar-refractivity contribution is -0.122. The predicted molar refractivity (Wildman–Crippen MR) is 111 cm³/mol. The highest BCUT2D eigenvalue weighted by atomic mass is 32.1. The van der Waals surface area contributed by atoms with Crippen LogP contribution in [-0.4, -0.2) is 35.9 Å². The Morgan fingerprint density at radius 1 is 1.27 bits per heavy atom. The molecule has 2 aromatic carbocycles. The molecule has 1 aromatic heterocycles. The number of nitrogens with zero attached hydrogens (tertiary/aromatic N) is 2. The van der Waals surface area contributed by atoms with Gasteiger partial charge in [0.25, 0.3) is 0 Å². The van der Waals surface area contributed by atoms with Crippen molar-refractivity contribution in [2.75, 3.05) is 23.4 Å². The molecule has 1 saturated heterocycles. The van der Waals surface area contributed by atoms with E-state index >= 15 is 0 Å². The summed E-state index contributed by atoms with van der Waals surface area (Å²) in [5.74, 6) is -1.82. The number of fused-ring (bicyclic) bond motifs is 1. The highest BCUT2D eigenvalue weighted by molar-refractivity contribution is 7.22. The Morgan fingerprint density at radius 2 is 2.03 bits per heavy atom. The maximum atomic E-state index is 13.3. The highest BCUT2D eigenvalue weighted by Gasteiger charge is 2.35. The van der Waals surface area contributed by atoms with E-state index in [0.717, 1.165) is 0 Å². The summed E-state index contributed by atoms with van der Waals surface area (Å²) in [6, 6.07) is 10.7. The third kappa shape index (κ3) is 4.02. The fraction of sp³-hybridized carbons (Fsp3) is 0.238. The van der Waals surface area contributed by atoms with Crippen molar-refractivity contribution in [1.29, 1.82) is 0 Å². The van der Waals surface area contributed by atoms with Crippen LogP contribution in [0.5, 0.6) is 0 Å². The number of ether oxygens (including phenoxy) is 1. The molecule has 0 saturated carbocycles. The molecular weight excluding hydrogens is 409 g/mol. The minimum absolute atomic E-state index is 0.0744. The lowest BCUT2D eigenvalue weighted by Gasteiger charge is -2.17. The van der Waals surface area contributed by atoms with Crippen LogP contribution in [0.4, 0.5) is 15.2 Å². The molecule has 0 bridgehead atoms. The fourth-order valence-corrected chi connectivity index (χ4v) is 4.18. The summed E-state index contributed by atoms with van der Waals surface area (Å²) in [4.78, 5) is 42.6. The molecule has 7 nitrogen and oxygen atoms in total. The molecule has 3 aromatic rings. The number of benzene rings is 2. The summed E-state index contributed by atoms with van der Waals surface area (Å²) in [5, 5.41) is 3.10. The maximum Gasteiger partial charge on any atom is 0.338 e. The van der Waals surface area contributed by atoms with Crippen molar-refractivity contribution < 1.29 is 23.5 Å². The van der Waals surface area contributed by atoms with Crippen LogP contribution in [0.3, 0.4) is 0 Å². The van der Waals surface area contributed by atoms with Crippen molar-refractivity contribution in [3.8, 4) is 0 Å². The van der Waals surface area contributed by atoms with Crippen LogP contribution in [0.15, 0.2) is 42.5 Å². The lowest BCUT2D eigenvalue weighted by Crippen LogP contribution is -2.28. The van der Waals surface area contributed by atoms with E-state index in [1.54, 1.807) is 37.3 Å². The van der Waals surface area contributed by atoms with Gasteiger partial charge in [-0.1, -0.05) is 11.3 Å². The summed E-state index contributed by atoms with van der Waals surface area (Å²) in [7, 11) is 0. The fourth-order valence-electron chi connectivity index (χ4n) is 3.28. The normalized spacial score (nSPS) is 16.1. The molecular formula is C21H18FN3O4S. The summed E-state index contributed by atoms with van der Waals surface area (Å²) < 4.78 is 18.9. The summed E-state index contributed by atoms with van der Waals surface area (Å²) in [5.41, 5.74) is 1.61. The molecule has 2 heterocycles. The summed E-state index contributed by atoms with van der Waals surface area (Å²) in [6.07, 6.45) is 0.0744. The molecule has 1 aliphatic heterocycles. The van der Waals surface area contributed by atoms with Crippen molar-refractivity contribution in [3.05, 3.63) is 53.8 Å². The smallest absolute Gasteiger partial charge is 0.338 e. The Bertz CT molecular complexity index is 1130. The number of aromatic nitrogens is 1. The number of amides is 2. The molecule has 2 amide bonds. The topological polar surface area (TPSA) is 88.6 Å². The van der Waals surface area contributed by atoms with E-state index in [9.17, 15) is 18.8 Å². The van der Waals surface area contributed by atoms with Crippen molar-refractivity contribution in [2.45, 2.75) is 13.3 Å². The molecule has 1 aliphatic rings. The highest BCUT2D eigenvalue weighted by Crippen LogP contribution is 2.29. The van der Waals surface area contributed by atoms with Gasteiger partial charge in [0.15, 0.2) is 5.13 Å². The second kappa shape index (κ2) is 8.19. The molecule has 0 radical (unpaired) electrons. The Morgan fingerprint density at radius 3 is 2.77 bits per heavy atom. The molecule has 9 heteroatoms. The average Bonchev–Trinajstić information content (AvgIpc) is 3.30. The number of hydrogen-bond donors (Lipinski definition) is 1. The molecule has 30 heavy (non-hydrogen) atoms. The molecule has 1 N–H and O–H groups in total. The largest absolute Gasteiger partial charge is 0.462 e. The SMILES string of the molecule is CCOC(=O)c1ccc(N2CC(C(=O)Nc3nc4ccc(F)cc4s3)CC2=O)cc1. The zero-order valence-corrected chi connectivity index (χ0v) is 16.9. The lowest BCUT2D eigenvalue weighted by atomic mass is 10.1. The quantitative estimate of drug-likeness (QED) is 0.629. The van der Waals surface area contributed by atoms with E-state index in [2.05, 4.69) is 10.3 Å². The second-order valence-corrected chi connectivity index (χ2v) is 7.82. The van der Waals surface area contributed by atoms with Gasteiger partial charge < -0.3 is 15.0 Å². The first-order valence-corrected chi connectivity index (χ1v) is 10.2. The number of esters is 1. The molecule has 1 unspecified atom stereocenters. The van der Waals surface area contributed by atoms with E-state index in [0.29, 0.717) is 26.6 Å². The zero-order valence-electron chi connectivity index (χ0n) is 16.1. The number of carbonyl (C=O) groups excluding carboxylic acids is 3. The zero-order chi connectivity index (χ0) is 21.3. The summed E-state index contributed by atoms with van der Waals surface area (Å²) in [6.45, 7) is 2.24. The van der Waals surface area contributed by atoms with Gasteiger partial charge in [0.2, 0.25) is 11.8 Å². The number of anilines is 2. The van der Waals surface area contributed by atoms with Crippen LogP contribution >= 0.6 is 11.3 Å². The number of rotatable bonds is 5. The molecule has 0 aliphatic carbocycles. The Balaban J connectivity index is 1.43. The minimum Gasteiger partial charge on any atom is -0.462 e. The number of halogens is 1. The third-order valence-corrected chi connectivity index (χ3v) is 5.70. The number of carbonyl (C=O) groups is 3. The molecule has 1 fully saturated rings. The Labute approximate surface area is 175 Å². The van der Waals surface area contributed by atoms with Crippen LogP contribution in [-0.2, 0) is 14.3 Å². The maximum absolute atomic E-state index is 13.3. The van der Waals surface area contributed by atoms with Gasteiger partial charge in [0.1, 0.15) is 5.82 Å². The minimum atomic E-state index is -0.536.